The van der Waals surface area contributed by atoms with E-state index in [1.54, 1.807) is 35.4 Å². The van der Waals surface area contributed by atoms with Crippen molar-refractivity contribution in [2.45, 2.75) is 24.7 Å². The van der Waals surface area contributed by atoms with Gasteiger partial charge in [0.05, 0.1) is 4.90 Å². The molecular formula is C21H26N4O3S. The highest BCUT2D eigenvalue weighted by Gasteiger charge is 2.31. The lowest BCUT2D eigenvalue weighted by Gasteiger charge is -2.34. The van der Waals surface area contributed by atoms with Gasteiger partial charge in [-0.25, -0.2) is 8.42 Å². The summed E-state index contributed by atoms with van der Waals surface area (Å²) in [5, 5.41) is 0. The average Bonchev–Trinajstić information content (AvgIpc) is 3.29. The number of hydrogen-bond donors (Lipinski definition) is 0. The molecule has 0 atom stereocenters. The third kappa shape index (κ3) is 4.13. The fourth-order valence-electron chi connectivity index (χ4n) is 3.86. The van der Waals surface area contributed by atoms with Crippen LogP contribution < -0.4 is 4.90 Å². The van der Waals surface area contributed by atoms with Crippen molar-refractivity contribution < 1.29 is 13.2 Å². The number of amides is 1. The number of pyridine rings is 1. The first-order valence-corrected chi connectivity index (χ1v) is 11.5. The molecule has 0 bridgehead atoms. The van der Waals surface area contributed by atoms with Crippen LogP contribution in [-0.4, -0.2) is 67.8 Å². The number of sulfonamides is 1. The fourth-order valence-corrected chi connectivity index (χ4v) is 5.28. The Balaban J connectivity index is 1.42. The Morgan fingerprint density at radius 1 is 0.931 bits per heavy atom. The van der Waals surface area contributed by atoms with E-state index in [1.807, 2.05) is 19.1 Å². The van der Waals surface area contributed by atoms with E-state index in [9.17, 15) is 13.2 Å². The van der Waals surface area contributed by atoms with Gasteiger partial charge in [-0.2, -0.15) is 4.31 Å². The molecule has 2 aliphatic heterocycles. The number of aromatic nitrogens is 1. The average molecular weight is 415 g/mol. The maximum absolute atomic E-state index is 12.9. The van der Waals surface area contributed by atoms with E-state index in [2.05, 4.69) is 9.88 Å². The molecule has 0 saturated carbocycles. The van der Waals surface area contributed by atoms with Gasteiger partial charge in [0.1, 0.15) is 5.69 Å². The van der Waals surface area contributed by atoms with Gasteiger partial charge in [0, 0.05) is 51.2 Å². The molecule has 154 valence electrons. The number of nitrogens with zero attached hydrogens (tertiary/aromatic N) is 4. The number of piperazine rings is 1. The molecular weight excluding hydrogens is 388 g/mol. The Kier molecular flexibility index (Phi) is 5.56. The molecule has 0 spiro atoms. The van der Waals surface area contributed by atoms with Crippen LogP contribution in [0.3, 0.4) is 0 Å². The lowest BCUT2D eigenvalue weighted by atomic mass is 10.2. The lowest BCUT2D eigenvalue weighted by Crippen LogP contribution is -2.50. The molecule has 4 rings (SSSR count). The Morgan fingerprint density at radius 3 is 2.24 bits per heavy atom. The van der Waals surface area contributed by atoms with Crippen LogP contribution in [0, 0.1) is 6.92 Å². The van der Waals surface area contributed by atoms with E-state index < -0.39 is 10.0 Å². The van der Waals surface area contributed by atoms with Crippen LogP contribution in [0.4, 0.5) is 5.69 Å². The topological polar surface area (TPSA) is 73.8 Å². The molecule has 1 aromatic carbocycles. The van der Waals surface area contributed by atoms with Gasteiger partial charge in [-0.05, 0) is 44.0 Å². The summed E-state index contributed by atoms with van der Waals surface area (Å²) in [4.78, 5) is 21.4. The predicted molar refractivity (Wildman–Crippen MR) is 112 cm³/mol. The van der Waals surface area contributed by atoms with Crippen molar-refractivity contribution in [2.24, 2.45) is 0 Å². The molecule has 7 nitrogen and oxygen atoms in total. The standard InChI is InChI=1S/C21H26N4O3S/c1-17-4-6-19(7-5-17)29(27,28)25-14-12-24(13-15-25)21(26)20-16-18(8-9-22-20)23-10-2-3-11-23/h4-9,16H,2-3,10-15H2,1H3. The first-order chi connectivity index (χ1) is 13.9. The van der Waals surface area contributed by atoms with Gasteiger partial charge in [0.2, 0.25) is 10.0 Å². The number of aryl methyl sites for hydroxylation is 1. The normalized spacial score (nSPS) is 18.2. The second-order valence-electron chi connectivity index (χ2n) is 7.60. The van der Waals surface area contributed by atoms with Gasteiger partial charge < -0.3 is 9.80 Å². The molecule has 0 unspecified atom stereocenters. The molecule has 0 aliphatic carbocycles. The molecule has 29 heavy (non-hydrogen) atoms. The maximum atomic E-state index is 12.9. The number of carbonyl (C=O) groups is 1. The highest BCUT2D eigenvalue weighted by Crippen LogP contribution is 2.22. The number of rotatable bonds is 4. The van der Waals surface area contributed by atoms with Crippen LogP contribution in [0.1, 0.15) is 28.9 Å². The van der Waals surface area contributed by atoms with Crippen LogP contribution in [-0.2, 0) is 10.0 Å². The molecule has 1 aromatic heterocycles. The molecule has 0 N–H and O–H groups in total. The Labute approximate surface area is 172 Å². The predicted octanol–water partition coefficient (Wildman–Crippen LogP) is 2.14. The minimum atomic E-state index is -3.54. The van der Waals surface area contributed by atoms with E-state index >= 15 is 0 Å². The van der Waals surface area contributed by atoms with Gasteiger partial charge in [-0.3, -0.25) is 9.78 Å². The largest absolute Gasteiger partial charge is 0.371 e. The van der Waals surface area contributed by atoms with Crippen molar-refractivity contribution >= 4 is 21.6 Å². The molecule has 8 heteroatoms. The Morgan fingerprint density at radius 2 is 1.59 bits per heavy atom. The van der Waals surface area contributed by atoms with Crippen molar-refractivity contribution in [2.75, 3.05) is 44.2 Å². The minimum Gasteiger partial charge on any atom is -0.371 e. The molecule has 2 aromatic rings. The first kappa shape index (κ1) is 19.8. The fraction of sp³-hybridized carbons (Fsp3) is 0.429. The van der Waals surface area contributed by atoms with Crippen LogP contribution in [0.5, 0.6) is 0 Å². The Hall–Kier alpha value is -2.45. The van der Waals surface area contributed by atoms with E-state index in [0.717, 1.165) is 24.3 Å². The summed E-state index contributed by atoms with van der Waals surface area (Å²) in [6.45, 7) is 5.23. The van der Waals surface area contributed by atoms with Gasteiger partial charge in [-0.15, -0.1) is 0 Å². The smallest absolute Gasteiger partial charge is 0.272 e. The van der Waals surface area contributed by atoms with Gasteiger partial charge in [0.25, 0.3) is 5.91 Å². The molecule has 2 aliphatic rings. The lowest BCUT2D eigenvalue weighted by molar-refractivity contribution is 0.0692. The zero-order chi connectivity index (χ0) is 20.4. The number of benzene rings is 1. The van der Waals surface area contributed by atoms with Crippen molar-refractivity contribution in [1.29, 1.82) is 0 Å². The maximum Gasteiger partial charge on any atom is 0.272 e. The molecule has 3 heterocycles. The summed E-state index contributed by atoms with van der Waals surface area (Å²) in [6.07, 6.45) is 4.02. The van der Waals surface area contributed by atoms with Crippen molar-refractivity contribution in [3.05, 3.63) is 53.9 Å². The highest BCUT2D eigenvalue weighted by atomic mass is 32.2. The molecule has 1 amide bonds. The first-order valence-electron chi connectivity index (χ1n) is 10.0. The minimum absolute atomic E-state index is 0.140. The Bertz CT molecular complexity index is 977. The monoisotopic (exact) mass is 414 g/mol. The van der Waals surface area contributed by atoms with E-state index in [-0.39, 0.29) is 19.0 Å². The van der Waals surface area contributed by atoms with Crippen molar-refractivity contribution in [3.63, 3.8) is 0 Å². The van der Waals surface area contributed by atoms with Crippen molar-refractivity contribution in [1.82, 2.24) is 14.2 Å². The zero-order valence-electron chi connectivity index (χ0n) is 16.6. The third-order valence-electron chi connectivity index (χ3n) is 5.62. The quantitative estimate of drug-likeness (QED) is 0.766. The van der Waals surface area contributed by atoms with Crippen LogP contribution in [0.2, 0.25) is 0 Å². The number of anilines is 1. The SMILES string of the molecule is Cc1ccc(S(=O)(=O)N2CCN(C(=O)c3cc(N4CCCC4)ccn3)CC2)cc1. The third-order valence-corrected chi connectivity index (χ3v) is 7.53. The van der Waals surface area contributed by atoms with Gasteiger partial charge in [0.15, 0.2) is 0 Å². The molecule has 2 saturated heterocycles. The molecule has 0 radical (unpaired) electrons. The second-order valence-corrected chi connectivity index (χ2v) is 9.54. The van der Waals surface area contributed by atoms with Crippen molar-refractivity contribution in [3.8, 4) is 0 Å². The molecule has 2 fully saturated rings. The highest BCUT2D eigenvalue weighted by molar-refractivity contribution is 7.89. The van der Waals surface area contributed by atoms with Gasteiger partial charge >= 0.3 is 0 Å². The van der Waals surface area contributed by atoms with Crippen LogP contribution >= 0.6 is 0 Å². The number of carbonyl (C=O) groups excluding carboxylic acids is 1. The second kappa shape index (κ2) is 8.12. The van der Waals surface area contributed by atoms with E-state index in [1.165, 1.54) is 17.1 Å². The number of hydrogen-bond acceptors (Lipinski definition) is 5. The van der Waals surface area contributed by atoms with E-state index in [0.29, 0.717) is 23.7 Å². The summed E-state index contributed by atoms with van der Waals surface area (Å²) in [6, 6.07) is 10.7. The summed E-state index contributed by atoms with van der Waals surface area (Å²) in [5.41, 5.74) is 2.47. The van der Waals surface area contributed by atoms with Gasteiger partial charge in [-0.1, -0.05) is 17.7 Å². The summed E-state index contributed by atoms with van der Waals surface area (Å²) in [5.74, 6) is -0.140. The van der Waals surface area contributed by atoms with E-state index in [4.69, 9.17) is 0 Å². The summed E-state index contributed by atoms with van der Waals surface area (Å²) in [7, 11) is -3.54. The summed E-state index contributed by atoms with van der Waals surface area (Å²) >= 11 is 0. The van der Waals surface area contributed by atoms with Crippen LogP contribution in [0.15, 0.2) is 47.5 Å². The summed E-state index contributed by atoms with van der Waals surface area (Å²) < 4.78 is 27.1. The van der Waals surface area contributed by atoms with Crippen LogP contribution in [0.25, 0.3) is 0 Å². The zero-order valence-corrected chi connectivity index (χ0v) is 17.4.